The van der Waals surface area contributed by atoms with Crippen LogP contribution in [0.5, 0.6) is 5.75 Å². The van der Waals surface area contributed by atoms with Gasteiger partial charge in [0.25, 0.3) is 0 Å². The molecule has 0 aliphatic rings. The summed E-state index contributed by atoms with van der Waals surface area (Å²) in [4.78, 5) is 10.4. The average Bonchev–Trinajstić information content (AvgIpc) is 3.69. The van der Waals surface area contributed by atoms with Crippen molar-refractivity contribution in [2.24, 2.45) is 0 Å². The molecule has 0 spiro atoms. The van der Waals surface area contributed by atoms with Gasteiger partial charge in [0, 0.05) is 39.3 Å². The van der Waals surface area contributed by atoms with Crippen LogP contribution in [0.2, 0.25) is 0 Å². The molecule has 4 nitrogen and oxygen atoms in total. The number of para-hydroxylation sites is 1. The minimum atomic E-state index is -3.38. The predicted molar refractivity (Wildman–Crippen MR) is 263 cm³/mol. The molecule has 4 heteroatoms. The normalized spacial score (nSPS) is 16.0. The molecule has 0 fully saturated rings. The Kier molecular flexibility index (Phi) is 7.66. The van der Waals surface area contributed by atoms with Crippen molar-refractivity contribution in [3.63, 3.8) is 0 Å². The van der Waals surface area contributed by atoms with Crippen LogP contribution in [0.15, 0.2) is 134 Å². The number of aryl methyl sites for hydroxylation is 3. The minimum Gasteiger partial charge on any atom is -0.496 e. The minimum absolute atomic E-state index is 0.103. The molecule has 0 amide bonds. The summed E-state index contributed by atoms with van der Waals surface area (Å²) in [6.07, 6.45) is 1.66. The van der Waals surface area contributed by atoms with Crippen LogP contribution >= 0.6 is 0 Å². The molecule has 0 atom stereocenters. The van der Waals surface area contributed by atoms with Gasteiger partial charge in [-0.3, -0.25) is 9.55 Å². The molecule has 0 radical (unpaired) electrons. The number of aromatic nitrogens is 3. The van der Waals surface area contributed by atoms with E-state index >= 15 is 0 Å². The number of imidazole rings is 1. The van der Waals surface area contributed by atoms with Gasteiger partial charge in [-0.15, -0.1) is 0 Å². The predicted octanol–water partition coefficient (Wildman–Crippen LogP) is 15.6. The first-order valence-corrected chi connectivity index (χ1v) is 20.9. The van der Waals surface area contributed by atoms with Crippen molar-refractivity contribution < 1.29 is 21.2 Å². The van der Waals surface area contributed by atoms with Crippen LogP contribution in [0.25, 0.3) is 72.7 Å². The highest BCUT2D eigenvalue weighted by molar-refractivity contribution is 5.98. The molecular weight excluding hydrogens is 755 g/mol. The van der Waals surface area contributed by atoms with E-state index in [0.717, 1.165) is 66.8 Å². The van der Waals surface area contributed by atoms with E-state index in [2.05, 4.69) is 88.6 Å². The first-order valence-electron chi connectivity index (χ1n) is 26.9. The fraction of sp³-hybridized carbons (Fsp3) is 0.276. The van der Waals surface area contributed by atoms with Crippen LogP contribution in [0.4, 0.5) is 0 Å². The summed E-state index contributed by atoms with van der Waals surface area (Å²) < 4.78 is 107. The Morgan fingerprint density at radius 3 is 1.87 bits per heavy atom. The number of fused-ring (bicyclic) bond motifs is 1. The Hall–Kier alpha value is -6.26. The van der Waals surface area contributed by atoms with Gasteiger partial charge in [0.1, 0.15) is 11.6 Å². The molecule has 0 bridgehead atoms. The van der Waals surface area contributed by atoms with Crippen molar-refractivity contribution in [2.75, 3.05) is 7.11 Å². The van der Waals surface area contributed by atoms with E-state index in [1.54, 1.807) is 43.6 Å². The van der Waals surface area contributed by atoms with Crippen LogP contribution in [-0.4, -0.2) is 21.6 Å². The zero-order valence-electron chi connectivity index (χ0n) is 49.0. The van der Waals surface area contributed by atoms with Crippen LogP contribution in [0.1, 0.15) is 112 Å². The number of nitrogens with zero attached hydrogens (tertiary/aromatic N) is 3. The van der Waals surface area contributed by atoms with Gasteiger partial charge in [0.15, 0.2) is 0 Å². The molecule has 8 rings (SSSR count). The fourth-order valence-electron chi connectivity index (χ4n) is 8.30. The maximum absolute atomic E-state index is 8.45. The molecule has 0 unspecified atom stereocenters. The molecule has 0 saturated carbocycles. The fourth-order valence-corrected chi connectivity index (χ4v) is 8.30. The third-order valence-corrected chi connectivity index (χ3v) is 11.7. The second-order valence-corrected chi connectivity index (χ2v) is 18.5. The zero-order valence-corrected chi connectivity index (χ0v) is 37.0. The third-order valence-electron chi connectivity index (χ3n) is 11.7. The first-order chi connectivity index (χ1) is 34.3. The van der Waals surface area contributed by atoms with E-state index in [4.69, 9.17) is 31.2 Å². The van der Waals surface area contributed by atoms with Gasteiger partial charge in [-0.1, -0.05) is 147 Å². The molecule has 314 valence electrons. The molecule has 8 aromatic rings. The van der Waals surface area contributed by atoms with Crippen molar-refractivity contribution in [2.45, 2.75) is 99.0 Å². The van der Waals surface area contributed by atoms with Crippen molar-refractivity contribution >= 4 is 11.0 Å². The SMILES string of the molecule is [2H]C([2H])([2H])c1ccc(-n2c(-c3cc(C)cc(C)c3OC)nc3c(-c4cc(-c5cc(-c6ccc(C(C([2H])([2H])[2H])(C([2H])([2H])[2H])C([2H])([2H])[2H])cc6)ccn5)cc(C(C)(C)C)c4)cccc32)c(-c2ccc(C(C)(C)C)cc2)c1. The second kappa shape index (κ2) is 15.9. The Morgan fingerprint density at radius 1 is 0.548 bits per heavy atom. The number of ether oxygens (including phenoxy) is 1. The number of methoxy groups -OCH3 is 1. The summed E-state index contributed by atoms with van der Waals surface area (Å²) in [5.41, 5.74) is 9.38. The van der Waals surface area contributed by atoms with Gasteiger partial charge < -0.3 is 4.74 Å². The highest BCUT2D eigenvalue weighted by Gasteiger charge is 2.25. The standard InChI is InChI=1S/C58H61N3O/c1-36-17-26-51(48(30-36)40-20-24-45(25-21-40)57(7,8)9)61-52-16-14-15-47(53(52)60-55(61)49-31-37(2)29-38(3)54(49)62-13)42-32-43(34-46(33-42)58(10,11)12)50-35-41(27-28-59-50)39-18-22-44(23-19-39)56(4,5)6/h14-35H,1-13H3/i1D3,4D3,5D3,6D3. The summed E-state index contributed by atoms with van der Waals surface area (Å²) in [6.45, 7) is 4.41. The summed E-state index contributed by atoms with van der Waals surface area (Å²) in [5, 5.41) is 0. The molecule has 0 aliphatic carbocycles. The molecule has 0 aliphatic heterocycles. The van der Waals surface area contributed by atoms with Gasteiger partial charge in [-0.2, -0.15) is 0 Å². The quantitative estimate of drug-likeness (QED) is 0.161. The first kappa shape index (κ1) is 29.9. The number of hydrogen-bond donors (Lipinski definition) is 0. The summed E-state index contributed by atoms with van der Waals surface area (Å²) in [6, 6.07) is 39.5. The van der Waals surface area contributed by atoms with Gasteiger partial charge in [0.05, 0.1) is 35.1 Å². The lowest BCUT2D eigenvalue weighted by molar-refractivity contribution is 0.413. The van der Waals surface area contributed by atoms with E-state index in [1.165, 1.54) is 12.1 Å². The van der Waals surface area contributed by atoms with E-state index in [0.29, 0.717) is 33.9 Å². The topological polar surface area (TPSA) is 39.9 Å². The van der Waals surface area contributed by atoms with Crippen LogP contribution in [0, 0.1) is 20.7 Å². The van der Waals surface area contributed by atoms with E-state index in [9.17, 15) is 0 Å². The van der Waals surface area contributed by atoms with Gasteiger partial charge in [-0.25, -0.2) is 4.98 Å². The van der Waals surface area contributed by atoms with Crippen molar-refractivity contribution in [1.29, 1.82) is 0 Å². The van der Waals surface area contributed by atoms with Crippen LogP contribution in [-0.2, 0) is 16.2 Å². The van der Waals surface area contributed by atoms with E-state index in [-0.39, 0.29) is 22.0 Å². The smallest absolute Gasteiger partial charge is 0.149 e. The van der Waals surface area contributed by atoms with E-state index in [1.807, 2.05) is 56.3 Å². The zero-order chi connectivity index (χ0) is 54.3. The van der Waals surface area contributed by atoms with Gasteiger partial charge in [0.2, 0.25) is 0 Å². The maximum Gasteiger partial charge on any atom is 0.149 e. The molecule has 2 aromatic heterocycles. The highest BCUT2D eigenvalue weighted by atomic mass is 16.5. The van der Waals surface area contributed by atoms with Crippen molar-refractivity contribution in [1.82, 2.24) is 14.5 Å². The second-order valence-electron chi connectivity index (χ2n) is 18.5. The number of hydrogen-bond acceptors (Lipinski definition) is 3. The van der Waals surface area contributed by atoms with Crippen LogP contribution < -0.4 is 4.74 Å². The number of pyridine rings is 1. The number of benzene rings is 6. The summed E-state index contributed by atoms with van der Waals surface area (Å²) in [7, 11) is 1.65. The lowest BCUT2D eigenvalue weighted by Crippen LogP contribution is -2.11. The lowest BCUT2D eigenvalue weighted by Gasteiger charge is -2.22. The Labute approximate surface area is 386 Å². The Bertz CT molecular complexity index is 3370. The summed E-state index contributed by atoms with van der Waals surface area (Å²) >= 11 is 0. The molecule has 2 heterocycles. The van der Waals surface area contributed by atoms with Crippen molar-refractivity contribution in [3.05, 3.63) is 167 Å². The monoisotopic (exact) mass is 828 g/mol. The third kappa shape index (κ3) is 8.23. The van der Waals surface area contributed by atoms with Crippen LogP contribution in [0.3, 0.4) is 0 Å². The van der Waals surface area contributed by atoms with Crippen molar-refractivity contribution in [3.8, 4) is 67.5 Å². The Morgan fingerprint density at radius 2 is 1.21 bits per heavy atom. The summed E-state index contributed by atoms with van der Waals surface area (Å²) in [5.74, 6) is 1.26. The molecule has 62 heavy (non-hydrogen) atoms. The number of rotatable bonds is 7. The maximum atomic E-state index is 8.45. The molecular formula is C58H61N3O. The Balaban J connectivity index is 1.35. The largest absolute Gasteiger partial charge is 0.496 e. The lowest BCUT2D eigenvalue weighted by atomic mass is 9.83. The van der Waals surface area contributed by atoms with Gasteiger partial charge >= 0.3 is 0 Å². The van der Waals surface area contributed by atoms with E-state index < -0.39 is 32.8 Å². The molecule has 0 saturated heterocycles. The molecule has 0 N–H and O–H groups in total. The highest BCUT2D eigenvalue weighted by Crippen LogP contribution is 2.43. The van der Waals surface area contributed by atoms with Gasteiger partial charge in [-0.05, 0) is 136 Å². The molecule has 6 aromatic carbocycles. The average molecular weight is 828 g/mol.